The molecule has 0 saturated heterocycles. The Morgan fingerprint density at radius 1 is 1.05 bits per heavy atom. The summed E-state index contributed by atoms with van der Waals surface area (Å²) in [4.78, 5) is 0. The van der Waals surface area contributed by atoms with E-state index in [4.69, 9.17) is 4.43 Å². The fourth-order valence-electron chi connectivity index (χ4n) is 2.32. The van der Waals surface area contributed by atoms with Gasteiger partial charge in [0, 0.05) is 0 Å². The second kappa shape index (κ2) is 7.71. The van der Waals surface area contributed by atoms with Gasteiger partial charge in [0.05, 0.1) is 6.10 Å². The Labute approximate surface area is 118 Å². The van der Waals surface area contributed by atoms with Gasteiger partial charge in [-0.15, -0.1) is 0 Å². The Kier molecular flexibility index (Phi) is 6.59. The number of aliphatic hydroxyl groups is 1. The summed E-state index contributed by atoms with van der Waals surface area (Å²) in [6.45, 7) is 8.57. The number of benzene rings is 1. The first-order valence-electron chi connectivity index (χ1n) is 7.51. The molecule has 0 spiro atoms. The summed E-state index contributed by atoms with van der Waals surface area (Å²) in [5.41, 5.74) is 1.27. The van der Waals surface area contributed by atoms with Crippen molar-refractivity contribution < 1.29 is 9.53 Å². The molecule has 19 heavy (non-hydrogen) atoms. The molecule has 0 amide bonds. The Morgan fingerprint density at radius 3 is 2.00 bits per heavy atom. The van der Waals surface area contributed by atoms with Crippen molar-refractivity contribution in [2.45, 2.75) is 64.8 Å². The number of aliphatic hydroxyl groups excluding tert-OH is 1. The molecule has 0 saturated carbocycles. The average Bonchev–Trinajstić information content (AvgIpc) is 2.44. The Hall–Kier alpha value is -0.803. The summed E-state index contributed by atoms with van der Waals surface area (Å²) in [5.74, 6) is 1.01. The maximum atomic E-state index is 9.30. The van der Waals surface area contributed by atoms with Crippen LogP contribution in [0.3, 0.4) is 0 Å². The molecule has 1 N–H and O–H groups in total. The van der Waals surface area contributed by atoms with Gasteiger partial charge >= 0.3 is 0 Å². The molecule has 0 aliphatic carbocycles. The summed E-state index contributed by atoms with van der Waals surface area (Å²) < 4.78 is 6.32. The van der Waals surface area contributed by atoms with Gasteiger partial charge in [0.2, 0.25) is 8.32 Å². The van der Waals surface area contributed by atoms with Crippen LogP contribution in [0.4, 0.5) is 0 Å². The van der Waals surface area contributed by atoms with E-state index in [-0.39, 0.29) is 6.10 Å². The third-order valence-electron chi connectivity index (χ3n) is 4.04. The predicted octanol–water partition coefficient (Wildman–Crippen LogP) is 4.38. The lowest BCUT2D eigenvalue weighted by molar-refractivity contribution is 0.185. The van der Waals surface area contributed by atoms with Gasteiger partial charge in [-0.1, -0.05) is 32.9 Å². The molecule has 1 rings (SSSR count). The van der Waals surface area contributed by atoms with Gasteiger partial charge in [-0.2, -0.15) is 0 Å². The fraction of sp³-hybridized carbons (Fsp3) is 0.625. The van der Waals surface area contributed by atoms with Crippen molar-refractivity contribution in [2.75, 3.05) is 0 Å². The third kappa shape index (κ3) is 5.00. The second-order valence-electron chi connectivity index (χ2n) is 5.38. The molecule has 0 fully saturated rings. The number of rotatable bonds is 8. The van der Waals surface area contributed by atoms with E-state index < -0.39 is 8.32 Å². The van der Waals surface area contributed by atoms with Crippen molar-refractivity contribution >= 4 is 8.32 Å². The van der Waals surface area contributed by atoms with Crippen LogP contribution in [0.25, 0.3) is 0 Å². The Balaban J connectivity index is 2.65. The van der Waals surface area contributed by atoms with Crippen LogP contribution >= 0.6 is 0 Å². The molecule has 108 valence electrons. The third-order valence-corrected chi connectivity index (χ3v) is 8.58. The van der Waals surface area contributed by atoms with Gasteiger partial charge in [-0.05, 0) is 55.6 Å². The van der Waals surface area contributed by atoms with E-state index in [0.29, 0.717) is 0 Å². The van der Waals surface area contributed by atoms with Crippen molar-refractivity contribution in [1.82, 2.24) is 0 Å². The highest BCUT2D eigenvalue weighted by Crippen LogP contribution is 2.25. The summed E-state index contributed by atoms with van der Waals surface area (Å²) in [7, 11) is -1.55. The van der Waals surface area contributed by atoms with Gasteiger partial charge < -0.3 is 9.53 Å². The summed E-state index contributed by atoms with van der Waals surface area (Å²) >= 11 is 0. The van der Waals surface area contributed by atoms with Crippen LogP contribution in [0.15, 0.2) is 24.3 Å². The maximum absolute atomic E-state index is 9.30. The van der Waals surface area contributed by atoms with E-state index in [2.05, 4.69) is 45.0 Å². The molecule has 1 unspecified atom stereocenters. The van der Waals surface area contributed by atoms with Crippen molar-refractivity contribution in [2.24, 2.45) is 0 Å². The zero-order valence-corrected chi connectivity index (χ0v) is 13.8. The number of hydrogen-bond acceptors (Lipinski definition) is 2. The standard InChI is InChI=1S/C16H28O2Si/c1-5-19(6-2,7-3)18-16-12-10-15(11-13-16)9-8-14(4)17/h10-14,17H,5-9H2,1-4H3. The monoisotopic (exact) mass is 280 g/mol. The molecule has 3 heteroatoms. The van der Waals surface area contributed by atoms with Crippen molar-refractivity contribution in [1.29, 1.82) is 0 Å². The number of hydrogen-bond donors (Lipinski definition) is 1. The Bertz CT molecular complexity index is 347. The highest BCUT2D eigenvalue weighted by atomic mass is 28.4. The molecule has 1 atom stereocenters. The van der Waals surface area contributed by atoms with Crippen LogP contribution in [0.5, 0.6) is 5.75 Å². The Morgan fingerprint density at radius 2 is 1.58 bits per heavy atom. The molecular formula is C16H28O2Si. The van der Waals surface area contributed by atoms with Crippen LogP contribution < -0.4 is 4.43 Å². The van der Waals surface area contributed by atoms with Crippen LogP contribution in [-0.4, -0.2) is 19.5 Å². The van der Waals surface area contributed by atoms with Gasteiger partial charge in [0.25, 0.3) is 0 Å². The van der Waals surface area contributed by atoms with Gasteiger partial charge in [0.15, 0.2) is 0 Å². The first kappa shape index (κ1) is 16.3. The molecule has 0 heterocycles. The lowest BCUT2D eigenvalue weighted by atomic mass is 10.1. The van der Waals surface area contributed by atoms with E-state index in [0.717, 1.165) is 18.6 Å². The maximum Gasteiger partial charge on any atom is 0.250 e. The smallest absolute Gasteiger partial charge is 0.250 e. The normalized spacial score (nSPS) is 13.3. The molecular weight excluding hydrogens is 252 g/mol. The highest BCUT2D eigenvalue weighted by Gasteiger charge is 2.30. The van der Waals surface area contributed by atoms with Gasteiger partial charge in [-0.3, -0.25) is 0 Å². The van der Waals surface area contributed by atoms with Crippen LogP contribution in [0.1, 0.15) is 39.7 Å². The van der Waals surface area contributed by atoms with Crippen LogP contribution in [0.2, 0.25) is 18.1 Å². The van der Waals surface area contributed by atoms with Crippen LogP contribution in [0, 0.1) is 0 Å². The highest BCUT2D eigenvalue weighted by molar-refractivity contribution is 6.74. The zero-order chi connectivity index (χ0) is 14.3. The zero-order valence-electron chi connectivity index (χ0n) is 12.8. The van der Waals surface area contributed by atoms with Crippen LogP contribution in [-0.2, 0) is 6.42 Å². The van der Waals surface area contributed by atoms with E-state index in [1.165, 1.54) is 23.7 Å². The lowest BCUT2D eigenvalue weighted by Crippen LogP contribution is -2.39. The summed E-state index contributed by atoms with van der Waals surface area (Å²) in [6.07, 6.45) is 1.52. The first-order valence-corrected chi connectivity index (χ1v) is 10.0. The minimum absolute atomic E-state index is 0.226. The molecule has 0 aliphatic heterocycles. The second-order valence-corrected chi connectivity index (χ2v) is 10.1. The molecule has 2 nitrogen and oxygen atoms in total. The summed E-state index contributed by atoms with van der Waals surface area (Å²) in [6, 6.07) is 11.9. The molecule has 0 bridgehead atoms. The first-order chi connectivity index (χ1) is 9.05. The minimum atomic E-state index is -1.55. The van der Waals surface area contributed by atoms with Gasteiger partial charge in [-0.25, -0.2) is 0 Å². The van der Waals surface area contributed by atoms with Crippen molar-refractivity contribution in [3.63, 3.8) is 0 Å². The molecule has 0 aromatic heterocycles. The predicted molar refractivity (Wildman–Crippen MR) is 84.3 cm³/mol. The van der Waals surface area contributed by atoms with Crippen molar-refractivity contribution in [3.8, 4) is 5.75 Å². The molecule has 1 aromatic rings. The number of aryl methyl sites for hydroxylation is 1. The molecule has 1 aromatic carbocycles. The van der Waals surface area contributed by atoms with E-state index in [1.807, 2.05) is 6.92 Å². The average molecular weight is 280 g/mol. The quantitative estimate of drug-likeness (QED) is 0.716. The lowest BCUT2D eigenvalue weighted by Gasteiger charge is -2.29. The summed E-state index contributed by atoms with van der Waals surface area (Å²) in [5, 5.41) is 9.30. The van der Waals surface area contributed by atoms with Gasteiger partial charge in [0.1, 0.15) is 5.75 Å². The van der Waals surface area contributed by atoms with Crippen molar-refractivity contribution in [3.05, 3.63) is 29.8 Å². The largest absolute Gasteiger partial charge is 0.544 e. The minimum Gasteiger partial charge on any atom is -0.544 e. The molecule has 0 radical (unpaired) electrons. The van der Waals surface area contributed by atoms with E-state index in [1.54, 1.807) is 0 Å². The topological polar surface area (TPSA) is 29.5 Å². The fourth-order valence-corrected chi connectivity index (χ4v) is 4.89. The molecule has 0 aliphatic rings. The SMILES string of the molecule is CC[Si](CC)(CC)Oc1ccc(CCC(C)O)cc1. The van der Waals surface area contributed by atoms with E-state index >= 15 is 0 Å². The van der Waals surface area contributed by atoms with E-state index in [9.17, 15) is 5.11 Å².